The highest BCUT2D eigenvalue weighted by Crippen LogP contribution is 2.38. The topological polar surface area (TPSA) is 24.1 Å². The van der Waals surface area contributed by atoms with E-state index in [-0.39, 0.29) is 0 Å². The lowest BCUT2D eigenvalue weighted by molar-refractivity contribution is 0.402. The van der Waals surface area contributed by atoms with Gasteiger partial charge in [0, 0.05) is 18.6 Å². The van der Waals surface area contributed by atoms with Crippen molar-refractivity contribution in [3.8, 4) is 0 Å². The van der Waals surface area contributed by atoms with E-state index in [2.05, 4.69) is 132 Å². The lowest BCUT2D eigenvalue weighted by Crippen LogP contribution is -2.50. The highest BCUT2D eigenvalue weighted by molar-refractivity contribution is 5.49. The Balaban J connectivity index is 1.58. The second-order valence-electron chi connectivity index (χ2n) is 8.30. The standard InChI is InChI=1S/C29H28N2/c1-5-13-23(14-6-1)28-21-27(22-30-28)31-29(24-15-7-2-8-16-24,25-17-9-3-10-18-25)26-19-11-4-12-20-26/h1-20,27-28,30-31H,21-22H2/t27-,28+/m0/s1. The zero-order valence-corrected chi connectivity index (χ0v) is 17.6. The maximum atomic E-state index is 4.12. The van der Waals surface area contributed by atoms with E-state index in [9.17, 15) is 0 Å². The summed E-state index contributed by atoms with van der Waals surface area (Å²) in [6.07, 6.45) is 1.05. The first kappa shape index (κ1) is 19.7. The second-order valence-corrected chi connectivity index (χ2v) is 8.30. The Morgan fingerprint density at radius 1 is 0.581 bits per heavy atom. The Kier molecular flexibility index (Phi) is 5.66. The first-order valence-electron chi connectivity index (χ1n) is 11.1. The molecule has 1 aliphatic rings. The van der Waals surface area contributed by atoms with Crippen LogP contribution in [0.4, 0.5) is 0 Å². The van der Waals surface area contributed by atoms with Gasteiger partial charge in [-0.2, -0.15) is 0 Å². The molecule has 0 spiro atoms. The largest absolute Gasteiger partial charge is 0.308 e. The third-order valence-electron chi connectivity index (χ3n) is 6.37. The highest BCUT2D eigenvalue weighted by Gasteiger charge is 2.39. The predicted octanol–water partition coefficient (Wildman–Crippen LogP) is 5.67. The van der Waals surface area contributed by atoms with E-state index in [1.807, 2.05) is 0 Å². The van der Waals surface area contributed by atoms with Gasteiger partial charge in [-0.1, -0.05) is 121 Å². The molecule has 0 radical (unpaired) electrons. The molecule has 0 amide bonds. The van der Waals surface area contributed by atoms with Crippen LogP contribution in [0, 0.1) is 0 Å². The van der Waals surface area contributed by atoms with E-state index in [1.54, 1.807) is 0 Å². The lowest BCUT2D eigenvalue weighted by atomic mass is 9.76. The average Bonchev–Trinajstić information content (AvgIpc) is 3.33. The molecule has 2 nitrogen and oxygen atoms in total. The molecule has 1 fully saturated rings. The fourth-order valence-electron chi connectivity index (χ4n) is 4.91. The molecule has 31 heavy (non-hydrogen) atoms. The maximum absolute atomic E-state index is 4.12. The third-order valence-corrected chi connectivity index (χ3v) is 6.37. The van der Waals surface area contributed by atoms with E-state index in [4.69, 9.17) is 0 Å². The minimum atomic E-state index is -0.415. The average molecular weight is 405 g/mol. The van der Waals surface area contributed by atoms with Crippen molar-refractivity contribution in [1.82, 2.24) is 10.6 Å². The summed E-state index contributed by atoms with van der Waals surface area (Å²) in [6.45, 7) is 0.938. The molecule has 0 saturated carbocycles. The van der Waals surface area contributed by atoms with Crippen LogP contribution < -0.4 is 10.6 Å². The number of rotatable bonds is 6. The Morgan fingerprint density at radius 2 is 1.00 bits per heavy atom. The van der Waals surface area contributed by atoms with Gasteiger partial charge in [-0.3, -0.25) is 5.32 Å². The molecule has 2 atom stereocenters. The summed E-state index contributed by atoms with van der Waals surface area (Å²) < 4.78 is 0. The Bertz CT molecular complexity index is 982. The number of hydrogen-bond donors (Lipinski definition) is 2. The van der Waals surface area contributed by atoms with Crippen LogP contribution in [0.15, 0.2) is 121 Å². The van der Waals surface area contributed by atoms with Gasteiger partial charge >= 0.3 is 0 Å². The van der Waals surface area contributed by atoms with Gasteiger partial charge in [-0.15, -0.1) is 0 Å². The molecule has 4 aromatic rings. The van der Waals surface area contributed by atoms with Crippen molar-refractivity contribution in [2.45, 2.75) is 24.0 Å². The summed E-state index contributed by atoms with van der Waals surface area (Å²) >= 11 is 0. The molecule has 0 aromatic heterocycles. The highest BCUT2D eigenvalue weighted by atomic mass is 15.1. The maximum Gasteiger partial charge on any atom is 0.0950 e. The van der Waals surface area contributed by atoms with Gasteiger partial charge in [0.05, 0.1) is 5.54 Å². The van der Waals surface area contributed by atoms with Crippen molar-refractivity contribution in [2.75, 3.05) is 6.54 Å². The van der Waals surface area contributed by atoms with E-state index in [0.29, 0.717) is 12.1 Å². The van der Waals surface area contributed by atoms with Gasteiger partial charge < -0.3 is 5.32 Å². The summed E-state index contributed by atoms with van der Waals surface area (Å²) in [6, 6.07) is 44.0. The molecule has 154 valence electrons. The molecule has 0 aliphatic carbocycles. The molecule has 2 N–H and O–H groups in total. The fraction of sp³-hybridized carbons (Fsp3) is 0.172. The smallest absolute Gasteiger partial charge is 0.0950 e. The van der Waals surface area contributed by atoms with Crippen molar-refractivity contribution in [3.63, 3.8) is 0 Å². The van der Waals surface area contributed by atoms with Crippen LogP contribution in [0.25, 0.3) is 0 Å². The van der Waals surface area contributed by atoms with Gasteiger partial charge in [0.1, 0.15) is 0 Å². The van der Waals surface area contributed by atoms with E-state index >= 15 is 0 Å². The molecule has 0 unspecified atom stereocenters. The van der Waals surface area contributed by atoms with E-state index < -0.39 is 5.54 Å². The second kappa shape index (κ2) is 8.89. The summed E-state index contributed by atoms with van der Waals surface area (Å²) in [5.74, 6) is 0. The summed E-state index contributed by atoms with van der Waals surface area (Å²) in [5.41, 5.74) is 4.72. The molecular formula is C29H28N2. The zero-order valence-electron chi connectivity index (χ0n) is 17.6. The quantitative estimate of drug-likeness (QED) is 0.405. The van der Waals surface area contributed by atoms with Crippen LogP contribution in [-0.2, 0) is 5.54 Å². The first-order valence-corrected chi connectivity index (χ1v) is 11.1. The van der Waals surface area contributed by atoms with Gasteiger partial charge in [-0.25, -0.2) is 0 Å². The van der Waals surface area contributed by atoms with E-state index in [1.165, 1.54) is 22.3 Å². The molecule has 5 rings (SSSR count). The molecule has 2 heteroatoms. The molecule has 1 aliphatic heterocycles. The summed E-state index contributed by atoms with van der Waals surface area (Å²) in [7, 11) is 0. The summed E-state index contributed by atoms with van der Waals surface area (Å²) in [5, 5.41) is 7.85. The van der Waals surface area contributed by atoms with Crippen LogP contribution in [-0.4, -0.2) is 12.6 Å². The van der Waals surface area contributed by atoms with Crippen molar-refractivity contribution in [2.24, 2.45) is 0 Å². The number of nitrogens with one attached hydrogen (secondary N) is 2. The van der Waals surface area contributed by atoms with E-state index in [0.717, 1.165) is 13.0 Å². The first-order chi connectivity index (χ1) is 15.4. The Hall–Kier alpha value is -3.20. The lowest BCUT2D eigenvalue weighted by Gasteiger charge is -2.39. The van der Waals surface area contributed by atoms with Crippen molar-refractivity contribution >= 4 is 0 Å². The van der Waals surface area contributed by atoms with Gasteiger partial charge in [0.15, 0.2) is 0 Å². The Labute approximate surface area is 185 Å². The molecule has 0 bridgehead atoms. The zero-order chi connectivity index (χ0) is 20.9. The van der Waals surface area contributed by atoms with Crippen LogP contribution in [0.5, 0.6) is 0 Å². The van der Waals surface area contributed by atoms with Gasteiger partial charge in [-0.05, 0) is 28.7 Å². The molecule has 1 heterocycles. The minimum Gasteiger partial charge on any atom is -0.308 e. The molecular weight excluding hydrogens is 376 g/mol. The normalized spacial score (nSPS) is 18.7. The van der Waals surface area contributed by atoms with Crippen LogP contribution in [0.3, 0.4) is 0 Å². The SMILES string of the molecule is c1ccc([C@H]2C[C@H](NC(c3ccccc3)(c3ccccc3)c3ccccc3)CN2)cc1. The minimum absolute atomic E-state index is 0.339. The molecule has 4 aromatic carbocycles. The Morgan fingerprint density at radius 3 is 1.45 bits per heavy atom. The predicted molar refractivity (Wildman–Crippen MR) is 128 cm³/mol. The molecule has 1 saturated heterocycles. The van der Waals surface area contributed by atoms with Crippen molar-refractivity contribution in [3.05, 3.63) is 144 Å². The van der Waals surface area contributed by atoms with Crippen molar-refractivity contribution < 1.29 is 0 Å². The summed E-state index contributed by atoms with van der Waals surface area (Å²) in [4.78, 5) is 0. The monoisotopic (exact) mass is 404 g/mol. The van der Waals surface area contributed by atoms with Crippen LogP contribution in [0.2, 0.25) is 0 Å². The van der Waals surface area contributed by atoms with Crippen LogP contribution in [0.1, 0.15) is 34.7 Å². The number of benzene rings is 4. The van der Waals surface area contributed by atoms with Gasteiger partial charge in [0.2, 0.25) is 0 Å². The van der Waals surface area contributed by atoms with Crippen LogP contribution >= 0.6 is 0 Å². The fourth-order valence-corrected chi connectivity index (χ4v) is 4.91. The van der Waals surface area contributed by atoms with Gasteiger partial charge in [0.25, 0.3) is 0 Å². The number of hydrogen-bond acceptors (Lipinski definition) is 2. The van der Waals surface area contributed by atoms with Crippen molar-refractivity contribution in [1.29, 1.82) is 0 Å². The third kappa shape index (κ3) is 3.93.